The van der Waals surface area contributed by atoms with Gasteiger partial charge in [0, 0.05) is 41.9 Å². The molecule has 0 amide bonds. The summed E-state index contributed by atoms with van der Waals surface area (Å²) >= 11 is 5.53. The minimum Gasteiger partial charge on any atom is -0.494 e. The van der Waals surface area contributed by atoms with Crippen LogP contribution in [-0.2, 0) is 13.1 Å². The highest BCUT2D eigenvalue weighted by molar-refractivity contribution is 7.80. The van der Waals surface area contributed by atoms with Crippen molar-refractivity contribution in [2.75, 3.05) is 13.2 Å². The van der Waals surface area contributed by atoms with Gasteiger partial charge in [0.15, 0.2) is 5.11 Å². The third-order valence-electron chi connectivity index (χ3n) is 4.28. The molecule has 0 aliphatic heterocycles. The van der Waals surface area contributed by atoms with Crippen LogP contribution in [0.15, 0.2) is 53.6 Å². The molecule has 3 aromatic rings. The Hall–Kier alpha value is -2.93. The van der Waals surface area contributed by atoms with Crippen LogP contribution >= 0.6 is 12.2 Å². The van der Waals surface area contributed by atoms with Crippen molar-refractivity contribution in [2.45, 2.75) is 26.9 Å². The fourth-order valence-electron chi connectivity index (χ4n) is 2.98. The molecule has 2 N–H and O–H groups in total. The summed E-state index contributed by atoms with van der Waals surface area (Å²) in [7, 11) is 0. The lowest BCUT2D eigenvalue weighted by Crippen LogP contribution is -2.39. The first kappa shape index (κ1) is 19.8. The number of hydrogen-bond donors (Lipinski definition) is 2. The SMILES string of the molecule is CCNC(=S)N(Cc1cccnc1)Cc1cc2cc(OCC)ccc2[nH]c1=O. The van der Waals surface area contributed by atoms with Crippen molar-refractivity contribution in [2.24, 2.45) is 0 Å². The van der Waals surface area contributed by atoms with Crippen LogP contribution in [-0.4, -0.2) is 33.1 Å². The van der Waals surface area contributed by atoms with E-state index in [2.05, 4.69) is 15.3 Å². The number of ether oxygens (including phenoxy) is 1. The monoisotopic (exact) mass is 396 g/mol. The summed E-state index contributed by atoms with van der Waals surface area (Å²) in [5.74, 6) is 0.781. The van der Waals surface area contributed by atoms with Gasteiger partial charge in [0.2, 0.25) is 0 Å². The van der Waals surface area contributed by atoms with Crippen LogP contribution in [0.2, 0.25) is 0 Å². The largest absolute Gasteiger partial charge is 0.494 e. The van der Waals surface area contributed by atoms with Crippen molar-refractivity contribution >= 4 is 28.2 Å². The Balaban J connectivity index is 1.91. The van der Waals surface area contributed by atoms with Crippen LogP contribution in [0, 0.1) is 0 Å². The number of aromatic amines is 1. The zero-order chi connectivity index (χ0) is 19.9. The fourth-order valence-corrected chi connectivity index (χ4v) is 3.26. The van der Waals surface area contributed by atoms with E-state index < -0.39 is 0 Å². The van der Waals surface area contributed by atoms with E-state index in [0.717, 1.165) is 22.2 Å². The molecule has 0 aliphatic carbocycles. The molecule has 0 saturated heterocycles. The smallest absolute Gasteiger partial charge is 0.253 e. The Kier molecular flexibility index (Phi) is 6.60. The molecule has 0 aliphatic rings. The first-order chi connectivity index (χ1) is 13.6. The molecule has 3 rings (SSSR count). The number of hydrogen-bond acceptors (Lipinski definition) is 4. The Bertz CT molecular complexity index is 1000. The molecule has 0 radical (unpaired) electrons. The predicted molar refractivity (Wildman–Crippen MR) is 115 cm³/mol. The molecular weight excluding hydrogens is 372 g/mol. The van der Waals surface area contributed by atoms with Crippen molar-refractivity contribution in [3.63, 3.8) is 0 Å². The van der Waals surface area contributed by atoms with Gasteiger partial charge in [0.25, 0.3) is 5.56 Å². The molecular formula is C21H24N4O2S. The molecule has 7 heteroatoms. The Morgan fingerprint density at radius 1 is 1.25 bits per heavy atom. The molecule has 1 aromatic carbocycles. The van der Waals surface area contributed by atoms with E-state index >= 15 is 0 Å². The number of aromatic nitrogens is 2. The molecule has 0 atom stereocenters. The van der Waals surface area contributed by atoms with E-state index in [9.17, 15) is 4.79 Å². The van der Waals surface area contributed by atoms with Crippen molar-refractivity contribution < 1.29 is 4.74 Å². The highest BCUT2D eigenvalue weighted by Crippen LogP contribution is 2.20. The minimum absolute atomic E-state index is 0.118. The zero-order valence-corrected chi connectivity index (χ0v) is 16.9. The summed E-state index contributed by atoms with van der Waals surface area (Å²) in [5, 5.41) is 4.71. The van der Waals surface area contributed by atoms with Gasteiger partial charge in [-0.3, -0.25) is 9.78 Å². The highest BCUT2D eigenvalue weighted by Gasteiger charge is 2.14. The molecule has 0 bridgehead atoms. The lowest BCUT2D eigenvalue weighted by molar-refractivity contribution is 0.340. The summed E-state index contributed by atoms with van der Waals surface area (Å²) in [4.78, 5) is 21.7. The van der Waals surface area contributed by atoms with E-state index in [1.54, 1.807) is 12.4 Å². The molecule has 2 heterocycles. The van der Waals surface area contributed by atoms with Gasteiger partial charge in [-0.25, -0.2) is 0 Å². The quantitative estimate of drug-likeness (QED) is 0.598. The third-order valence-corrected chi connectivity index (χ3v) is 4.68. The first-order valence-corrected chi connectivity index (χ1v) is 9.72. The standard InChI is InChI=1S/C21H24N4O2S/c1-3-23-21(28)25(13-15-6-5-9-22-12-15)14-17-10-16-11-18(27-4-2)7-8-19(16)24-20(17)26/h5-12H,3-4,13-14H2,1-2H3,(H,23,28)(H,24,26). The van der Waals surface area contributed by atoms with Crippen LogP contribution in [0.3, 0.4) is 0 Å². The average molecular weight is 397 g/mol. The normalized spacial score (nSPS) is 10.6. The van der Waals surface area contributed by atoms with Crippen LogP contribution < -0.4 is 15.6 Å². The maximum atomic E-state index is 12.6. The number of rotatable bonds is 7. The van der Waals surface area contributed by atoms with Crippen LogP contribution in [0.1, 0.15) is 25.0 Å². The molecule has 2 aromatic heterocycles. The van der Waals surface area contributed by atoms with E-state index in [-0.39, 0.29) is 5.56 Å². The topological polar surface area (TPSA) is 70.2 Å². The lowest BCUT2D eigenvalue weighted by Gasteiger charge is -2.25. The minimum atomic E-state index is -0.118. The van der Waals surface area contributed by atoms with E-state index in [1.807, 2.05) is 55.1 Å². The summed E-state index contributed by atoms with van der Waals surface area (Å²) in [6, 6.07) is 11.4. The van der Waals surface area contributed by atoms with Gasteiger partial charge in [-0.1, -0.05) is 6.07 Å². The summed E-state index contributed by atoms with van der Waals surface area (Å²) < 4.78 is 5.57. The van der Waals surface area contributed by atoms with E-state index in [1.165, 1.54) is 0 Å². The molecule has 28 heavy (non-hydrogen) atoms. The van der Waals surface area contributed by atoms with Gasteiger partial charge in [-0.05, 0) is 62.0 Å². The van der Waals surface area contributed by atoms with Crippen LogP contribution in [0.5, 0.6) is 5.75 Å². The maximum absolute atomic E-state index is 12.6. The Morgan fingerprint density at radius 3 is 2.82 bits per heavy atom. The van der Waals surface area contributed by atoms with Crippen molar-refractivity contribution in [3.05, 3.63) is 70.3 Å². The maximum Gasteiger partial charge on any atom is 0.253 e. The summed E-state index contributed by atoms with van der Waals surface area (Å²) in [6.45, 7) is 6.21. The summed E-state index contributed by atoms with van der Waals surface area (Å²) in [5.41, 5.74) is 2.33. The van der Waals surface area contributed by atoms with Gasteiger partial charge in [0.05, 0.1) is 13.2 Å². The van der Waals surface area contributed by atoms with Crippen molar-refractivity contribution in [3.8, 4) is 5.75 Å². The van der Waals surface area contributed by atoms with Crippen LogP contribution in [0.4, 0.5) is 0 Å². The van der Waals surface area contributed by atoms with Gasteiger partial charge >= 0.3 is 0 Å². The lowest BCUT2D eigenvalue weighted by atomic mass is 10.1. The summed E-state index contributed by atoms with van der Waals surface area (Å²) in [6.07, 6.45) is 3.54. The van der Waals surface area contributed by atoms with Crippen molar-refractivity contribution in [1.82, 2.24) is 20.2 Å². The van der Waals surface area contributed by atoms with Crippen LogP contribution in [0.25, 0.3) is 10.9 Å². The molecule has 146 valence electrons. The van der Waals surface area contributed by atoms with Gasteiger partial charge in [-0.2, -0.15) is 0 Å². The fraction of sp³-hybridized carbons (Fsp3) is 0.286. The number of thiocarbonyl (C=S) groups is 1. The zero-order valence-electron chi connectivity index (χ0n) is 16.1. The van der Waals surface area contributed by atoms with Gasteiger partial charge < -0.3 is 19.9 Å². The number of fused-ring (bicyclic) bond motifs is 1. The molecule has 0 spiro atoms. The number of H-pyrrole nitrogens is 1. The Labute approximate surface area is 169 Å². The van der Waals surface area contributed by atoms with Gasteiger partial charge in [0.1, 0.15) is 5.75 Å². The average Bonchev–Trinajstić information content (AvgIpc) is 2.69. The second-order valence-electron chi connectivity index (χ2n) is 6.36. The number of nitrogens with one attached hydrogen (secondary N) is 2. The Morgan fingerprint density at radius 2 is 2.11 bits per heavy atom. The second-order valence-corrected chi connectivity index (χ2v) is 6.75. The molecule has 6 nitrogen and oxygen atoms in total. The number of benzene rings is 1. The van der Waals surface area contributed by atoms with Crippen molar-refractivity contribution in [1.29, 1.82) is 0 Å². The highest BCUT2D eigenvalue weighted by atomic mass is 32.1. The predicted octanol–water partition coefficient (Wildman–Crippen LogP) is 3.22. The van der Waals surface area contributed by atoms with Gasteiger partial charge in [-0.15, -0.1) is 0 Å². The van der Waals surface area contributed by atoms with E-state index in [0.29, 0.717) is 36.9 Å². The third kappa shape index (κ3) is 4.86. The number of pyridine rings is 2. The molecule has 0 fully saturated rings. The number of nitrogens with zero attached hydrogens (tertiary/aromatic N) is 2. The first-order valence-electron chi connectivity index (χ1n) is 9.31. The molecule has 0 unspecified atom stereocenters. The molecule has 0 saturated carbocycles. The second kappa shape index (κ2) is 9.32. The van der Waals surface area contributed by atoms with E-state index in [4.69, 9.17) is 17.0 Å².